The van der Waals surface area contributed by atoms with Gasteiger partial charge in [-0.05, 0) is 19.4 Å². The summed E-state index contributed by atoms with van der Waals surface area (Å²) in [7, 11) is 0. The molecule has 0 aliphatic rings. The average molecular weight is 263 g/mol. The van der Waals surface area contributed by atoms with Crippen molar-refractivity contribution in [3.05, 3.63) is 35.4 Å². The Kier molecular flexibility index (Phi) is 6.22. The lowest BCUT2D eigenvalue weighted by atomic mass is 9.90. The largest absolute Gasteiger partial charge is 0.466 e. The Labute approximate surface area is 113 Å². The molecule has 1 atom stereocenters. The van der Waals surface area contributed by atoms with Crippen molar-refractivity contribution < 1.29 is 14.3 Å². The molecule has 1 aromatic rings. The molecule has 0 fully saturated rings. The normalized spacial score (nSPS) is 11.9. The summed E-state index contributed by atoms with van der Waals surface area (Å²) >= 11 is 0. The number of hydrogen-bond acceptors (Lipinski definition) is 4. The van der Waals surface area contributed by atoms with Gasteiger partial charge in [-0.3, -0.25) is 9.59 Å². The minimum Gasteiger partial charge on any atom is -0.466 e. The molecule has 1 aromatic carbocycles. The van der Waals surface area contributed by atoms with Gasteiger partial charge in [0.25, 0.3) is 0 Å². The van der Waals surface area contributed by atoms with Crippen LogP contribution in [0.15, 0.2) is 24.3 Å². The number of ether oxygens (including phenoxy) is 1. The van der Waals surface area contributed by atoms with Gasteiger partial charge in [-0.1, -0.05) is 29.8 Å². The minimum atomic E-state index is -0.279. The molecule has 1 rings (SSSR count). The zero-order valence-corrected chi connectivity index (χ0v) is 11.5. The molecule has 19 heavy (non-hydrogen) atoms. The molecule has 0 saturated carbocycles. The van der Waals surface area contributed by atoms with Gasteiger partial charge in [-0.15, -0.1) is 0 Å². The van der Waals surface area contributed by atoms with E-state index in [2.05, 4.69) is 0 Å². The zero-order chi connectivity index (χ0) is 14.3. The van der Waals surface area contributed by atoms with E-state index in [9.17, 15) is 9.59 Å². The zero-order valence-electron chi connectivity index (χ0n) is 11.5. The van der Waals surface area contributed by atoms with E-state index in [1.807, 2.05) is 31.2 Å². The first-order valence-electron chi connectivity index (χ1n) is 6.50. The third-order valence-corrected chi connectivity index (χ3v) is 2.93. The average Bonchev–Trinajstić information content (AvgIpc) is 2.38. The van der Waals surface area contributed by atoms with Crippen LogP contribution in [0.2, 0.25) is 0 Å². The molecule has 2 N–H and O–H groups in total. The third kappa shape index (κ3) is 5.22. The highest BCUT2D eigenvalue weighted by atomic mass is 16.5. The molecule has 4 nitrogen and oxygen atoms in total. The van der Waals surface area contributed by atoms with Crippen LogP contribution in [-0.2, 0) is 14.3 Å². The molecule has 0 radical (unpaired) electrons. The number of benzene rings is 1. The first kappa shape index (κ1) is 15.4. The maximum absolute atomic E-state index is 11.6. The van der Waals surface area contributed by atoms with E-state index in [0.717, 1.165) is 11.1 Å². The van der Waals surface area contributed by atoms with Crippen molar-refractivity contribution in [2.75, 3.05) is 13.2 Å². The Bertz CT molecular complexity index is 443. The number of rotatable bonds is 7. The summed E-state index contributed by atoms with van der Waals surface area (Å²) < 4.78 is 4.96. The summed E-state index contributed by atoms with van der Waals surface area (Å²) in [6, 6.07) is 7.83. The monoisotopic (exact) mass is 263 g/mol. The van der Waals surface area contributed by atoms with Crippen LogP contribution in [0, 0.1) is 6.92 Å². The van der Waals surface area contributed by atoms with Crippen LogP contribution in [-0.4, -0.2) is 24.9 Å². The number of carbonyl (C=O) groups excluding carboxylic acids is 2. The summed E-state index contributed by atoms with van der Waals surface area (Å²) in [5, 5.41) is 0. The number of aryl methyl sites for hydroxylation is 1. The Morgan fingerprint density at radius 3 is 2.63 bits per heavy atom. The molecule has 0 aliphatic heterocycles. The molecule has 0 aromatic heterocycles. The van der Waals surface area contributed by atoms with Crippen molar-refractivity contribution in [2.24, 2.45) is 5.73 Å². The number of Topliss-reactive ketones (excluding diaryl/α,β-unsaturated/α-hetero) is 1. The minimum absolute atomic E-state index is 0.00510. The summed E-state index contributed by atoms with van der Waals surface area (Å²) in [5.74, 6) is -0.482. The second-order valence-electron chi connectivity index (χ2n) is 4.57. The summed E-state index contributed by atoms with van der Waals surface area (Å²) in [6.45, 7) is 4.11. The topological polar surface area (TPSA) is 69.4 Å². The van der Waals surface area contributed by atoms with Crippen LogP contribution in [0.5, 0.6) is 0 Å². The van der Waals surface area contributed by atoms with Gasteiger partial charge in [-0.2, -0.15) is 0 Å². The fourth-order valence-electron chi connectivity index (χ4n) is 2.01. The summed E-state index contributed by atoms with van der Waals surface area (Å²) in [6.07, 6.45) is 0.488. The van der Waals surface area contributed by atoms with Crippen molar-refractivity contribution in [2.45, 2.75) is 32.6 Å². The molecule has 1 unspecified atom stereocenters. The number of carbonyl (C=O) groups is 2. The van der Waals surface area contributed by atoms with Gasteiger partial charge in [0, 0.05) is 12.3 Å². The second-order valence-corrected chi connectivity index (χ2v) is 4.57. The number of hydrogen-bond donors (Lipinski definition) is 1. The van der Waals surface area contributed by atoms with Gasteiger partial charge in [0.1, 0.15) is 5.78 Å². The van der Waals surface area contributed by atoms with Crippen LogP contribution < -0.4 is 5.73 Å². The van der Waals surface area contributed by atoms with Crippen LogP contribution in [0.3, 0.4) is 0 Å². The molecule has 104 valence electrons. The number of esters is 1. The Morgan fingerprint density at radius 2 is 2.05 bits per heavy atom. The predicted octanol–water partition coefficient (Wildman–Crippen LogP) is 1.95. The van der Waals surface area contributed by atoms with Crippen molar-refractivity contribution in [1.29, 1.82) is 0 Å². The van der Waals surface area contributed by atoms with E-state index in [4.69, 9.17) is 10.5 Å². The van der Waals surface area contributed by atoms with Crippen LogP contribution in [0.25, 0.3) is 0 Å². The molecule has 0 amide bonds. The second kappa shape index (κ2) is 7.69. The highest BCUT2D eigenvalue weighted by molar-refractivity contribution is 5.82. The molecule has 0 saturated heterocycles. The first-order chi connectivity index (χ1) is 9.06. The number of nitrogens with two attached hydrogens (primary N) is 1. The van der Waals surface area contributed by atoms with Gasteiger partial charge in [0.15, 0.2) is 0 Å². The molecule has 4 heteroatoms. The van der Waals surface area contributed by atoms with Gasteiger partial charge < -0.3 is 10.5 Å². The van der Waals surface area contributed by atoms with E-state index in [1.54, 1.807) is 6.92 Å². The lowest BCUT2D eigenvalue weighted by molar-refractivity contribution is -0.143. The Hall–Kier alpha value is -1.68. The fourth-order valence-corrected chi connectivity index (χ4v) is 2.01. The van der Waals surface area contributed by atoms with E-state index >= 15 is 0 Å². The maximum atomic E-state index is 11.6. The summed E-state index contributed by atoms with van der Waals surface area (Å²) in [5.41, 5.74) is 7.44. The molecular formula is C15H21NO3. The Balaban J connectivity index is 2.85. The lowest BCUT2D eigenvalue weighted by Gasteiger charge is -2.16. The quantitative estimate of drug-likeness (QED) is 0.763. The smallest absolute Gasteiger partial charge is 0.306 e. The van der Waals surface area contributed by atoms with Gasteiger partial charge >= 0.3 is 5.97 Å². The van der Waals surface area contributed by atoms with Crippen molar-refractivity contribution in [1.82, 2.24) is 0 Å². The van der Waals surface area contributed by atoms with Crippen molar-refractivity contribution in [3.8, 4) is 0 Å². The van der Waals surface area contributed by atoms with Gasteiger partial charge in [0.05, 0.1) is 19.6 Å². The first-order valence-corrected chi connectivity index (χ1v) is 6.50. The number of ketones is 1. The van der Waals surface area contributed by atoms with E-state index in [0.29, 0.717) is 6.61 Å². The standard InChI is InChI=1S/C15H21NO3/c1-3-19-15(18)9-13(8-14(17)10-16)12-6-4-5-11(2)7-12/h4-7,13H,3,8-10,16H2,1-2H3. The lowest BCUT2D eigenvalue weighted by Crippen LogP contribution is -2.19. The maximum Gasteiger partial charge on any atom is 0.306 e. The van der Waals surface area contributed by atoms with E-state index in [-0.39, 0.29) is 37.1 Å². The van der Waals surface area contributed by atoms with Crippen LogP contribution >= 0.6 is 0 Å². The molecule has 0 aliphatic carbocycles. The molecular weight excluding hydrogens is 242 g/mol. The Morgan fingerprint density at radius 1 is 1.32 bits per heavy atom. The van der Waals surface area contributed by atoms with Crippen molar-refractivity contribution >= 4 is 11.8 Å². The SMILES string of the molecule is CCOC(=O)CC(CC(=O)CN)c1cccc(C)c1. The molecule has 0 heterocycles. The highest BCUT2D eigenvalue weighted by Crippen LogP contribution is 2.25. The summed E-state index contributed by atoms with van der Waals surface area (Å²) in [4.78, 5) is 23.2. The van der Waals surface area contributed by atoms with Crippen LogP contribution in [0.1, 0.15) is 36.8 Å². The van der Waals surface area contributed by atoms with Crippen LogP contribution in [0.4, 0.5) is 0 Å². The van der Waals surface area contributed by atoms with Gasteiger partial charge in [0.2, 0.25) is 0 Å². The van der Waals surface area contributed by atoms with E-state index in [1.165, 1.54) is 0 Å². The molecule has 0 bridgehead atoms. The van der Waals surface area contributed by atoms with E-state index < -0.39 is 0 Å². The predicted molar refractivity (Wildman–Crippen MR) is 73.8 cm³/mol. The van der Waals surface area contributed by atoms with Crippen molar-refractivity contribution in [3.63, 3.8) is 0 Å². The highest BCUT2D eigenvalue weighted by Gasteiger charge is 2.19. The fraction of sp³-hybridized carbons (Fsp3) is 0.467. The third-order valence-electron chi connectivity index (χ3n) is 2.93. The molecule has 0 spiro atoms. The van der Waals surface area contributed by atoms with Gasteiger partial charge in [-0.25, -0.2) is 0 Å².